The van der Waals surface area contributed by atoms with Crippen molar-refractivity contribution in [2.24, 2.45) is 0 Å². The number of benzene rings is 2. The van der Waals surface area contributed by atoms with Crippen molar-refractivity contribution in [1.29, 1.82) is 0 Å². The minimum atomic E-state index is -0.0406. The molecule has 2 aromatic carbocycles. The molecule has 0 bridgehead atoms. The molecular weight excluding hydrogens is 416 g/mol. The maximum atomic E-state index is 12.8. The van der Waals surface area contributed by atoms with Gasteiger partial charge in [-0.3, -0.25) is 14.5 Å². The van der Waals surface area contributed by atoms with E-state index < -0.39 is 0 Å². The molecule has 1 heterocycles. The Morgan fingerprint density at radius 1 is 1.03 bits per heavy atom. The van der Waals surface area contributed by atoms with E-state index in [1.807, 2.05) is 65.1 Å². The van der Waals surface area contributed by atoms with Crippen LogP contribution in [0.15, 0.2) is 30.3 Å². The molecule has 3 rings (SSSR count). The first-order chi connectivity index (χ1) is 15.7. The van der Waals surface area contributed by atoms with Crippen LogP contribution in [0, 0.1) is 27.7 Å². The largest absolute Gasteiger partial charge is 0.483 e. The van der Waals surface area contributed by atoms with Crippen LogP contribution >= 0.6 is 0 Å². The van der Waals surface area contributed by atoms with Crippen LogP contribution in [0.2, 0.25) is 0 Å². The lowest BCUT2D eigenvalue weighted by atomic mass is 9.97. The molecule has 7 nitrogen and oxygen atoms in total. The molecule has 1 aliphatic rings. The fraction of sp³-hybridized carbons (Fsp3) is 0.462. The van der Waals surface area contributed by atoms with Gasteiger partial charge in [0.25, 0.3) is 5.91 Å². The van der Waals surface area contributed by atoms with Crippen LogP contribution in [-0.4, -0.2) is 60.9 Å². The van der Waals surface area contributed by atoms with Crippen molar-refractivity contribution in [2.45, 2.75) is 46.6 Å². The summed E-state index contributed by atoms with van der Waals surface area (Å²) in [4.78, 5) is 29.1. The number of amides is 2. The lowest BCUT2D eigenvalue weighted by molar-refractivity contribution is -0.135. The summed E-state index contributed by atoms with van der Waals surface area (Å²) in [6, 6.07) is 9.62. The average molecular weight is 453 g/mol. The normalized spacial score (nSPS) is 14.7. The first-order valence-electron chi connectivity index (χ1n) is 11.5. The van der Waals surface area contributed by atoms with Crippen molar-refractivity contribution >= 4 is 23.2 Å². The summed E-state index contributed by atoms with van der Waals surface area (Å²) in [6.07, 6.45) is 1.66. The number of carbonyl (C=O) groups is 2. The number of nitrogens with zero attached hydrogens (tertiary/aromatic N) is 2. The number of likely N-dealkylation sites (tertiary alicyclic amines) is 1. The van der Waals surface area contributed by atoms with E-state index >= 15 is 0 Å². The highest BCUT2D eigenvalue weighted by atomic mass is 16.5. The fourth-order valence-corrected chi connectivity index (χ4v) is 4.35. The van der Waals surface area contributed by atoms with Gasteiger partial charge >= 0.3 is 0 Å². The fourth-order valence-electron chi connectivity index (χ4n) is 4.35. The lowest BCUT2D eigenvalue weighted by Gasteiger charge is -2.36. The standard InChI is InChI=1S/C26H36N4O3/c1-17-19(3)26(20(4)18(2)25(17)27)33-16-24(32)29(5)22-11-13-30(14-12-22)15-23(31)28-21-9-7-6-8-10-21/h6-10,22H,11-16,27H2,1-5H3,(H,28,31). The van der Waals surface area contributed by atoms with E-state index in [1.165, 1.54) is 0 Å². The molecular formula is C26H36N4O3. The summed E-state index contributed by atoms with van der Waals surface area (Å²) in [7, 11) is 1.84. The van der Waals surface area contributed by atoms with Crippen LogP contribution in [0.5, 0.6) is 5.75 Å². The van der Waals surface area contributed by atoms with Gasteiger partial charge in [0.05, 0.1) is 6.54 Å². The molecule has 33 heavy (non-hydrogen) atoms. The third kappa shape index (κ3) is 5.85. The zero-order chi connectivity index (χ0) is 24.1. The molecule has 2 amide bonds. The molecule has 7 heteroatoms. The van der Waals surface area contributed by atoms with Crippen molar-refractivity contribution in [1.82, 2.24) is 9.80 Å². The number of nitrogens with two attached hydrogens (primary N) is 1. The van der Waals surface area contributed by atoms with E-state index in [0.29, 0.717) is 6.54 Å². The van der Waals surface area contributed by atoms with Gasteiger partial charge in [0.1, 0.15) is 5.75 Å². The van der Waals surface area contributed by atoms with Crippen molar-refractivity contribution in [3.63, 3.8) is 0 Å². The van der Waals surface area contributed by atoms with Gasteiger partial charge in [-0.05, 0) is 74.9 Å². The van der Waals surface area contributed by atoms with Gasteiger partial charge in [-0.2, -0.15) is 0 Å². The Morgan fingerprint density at radius 2 is 1.61 bits per heavy atom. The molecule has 0 unspecified atom stereocenters. The summed E-state index contributed by atoms with van der Waals surface area (Å²) in [6.45, 7) is 9.82. The minimum absolute atomic E-state index is 0.000669. The number of para-hydroxylation sites is 1. The van der Waals surface area contributed by atoms with E-state index in [1.54, 1.807) is 4.90 Å². The molecule has 3 N–H and O–H groups in total. The van der Waals surface area contributed by atoms with Gasteiger partial charge in [-0.25, -0.2) is 0 Å². The molecule has 0 radical (unpaired) electrons. The van der Waals surface area contributed by atoms with Crippen LogP contribution in [0.3, 0.4) is 0 Å². The number of carbonyl (C=O) groups excluding carboxylic acids is 2. The van der Waals surface area contributed by atoms with E-state index in [2.05, 4.69) is 10.2 Å². The number of nitrogens with one attached hydrogen (secondary N) is 1. The maximum Gasteiger partial charge on any atom is 0.260 e. The smallest absolute Gasteiger partial charge is 0.260 e. The number of hydrogen-bond donors (Lipinski definition) is 2. The summed E-state index contributed by atoms with van der Waals surface area (Å²) < 4.78 is 5.98. The lowest BCUT2D eigenvalue weighted by Crippen LogP contribution is -2.48. The van der Waals surface area contributed by atoms with Gasteiger partial charge in [0.15, 0.2) is 6.61 Å². The zero-order valence-electron chi connectivity index (χ0n) is 20.4. The topological polar surface area (TPSA) is 87.9 Å². The Morgan fingerprint density at radius 3 is 2.18 bits per heavy atom. The Labute approximate surface area is 196 Å². The maximum absolute atomic E-state index is 12.8. The molecule has 0 aliphatic carbocycles. The Balaban J connectivity index is 1.48. The van der Waals surface area contributed by atoms with Gasteiger partial charge in [-0.15, -0.1) is 0 Å². The highest BCUT2D eigenvalue weighted by molar-refractivity contribution is 5.92. The number of likely N-dealkylation sites (N-methyl/N-ethyl adjacent to an activating group) is 1. The molecule has 0 spiro atoms. The summed E-state index contributed by atoms with van der Waals surface area (Å²) in [5.74, 6) is 0.693. The first kappa shape index (κ1) is 24.6. The predicted octanol–water partition coefficient (Wildman–Crippen LogP) is 3.44. The van der Waals surface area contributed by atoms with Gasteiger partial charge < -0.3 is 20.7 Å². The Hall–Kier alpha value is -3.06. The van der Waals surface area contributed by atoms with Crippen LogP contribution in [0.1, 0.15) is 35.1 Å². The highest BCUT2D eigenvalue weighted by Crippen LogP contribution is 2.34. The minimum Gasteiger partial charge on any atom is -0.483 e. The molecule has 0 saturated carbocycles. The number of hydrogen-bond acceptors (Lipinski definition) is 5. The van der Waals surface area contributed by atoms with Crippen molar-refractivity contribution in [2.75, 3.05) is 44.3 Å². The highest BCUT2D eigenvalue weighted by Gasteiger charge is 2.27. The van der Waals surface area contributed by atoms with Crippen LogP contribution in [0.25, 0.3) is 0 Å². The number of nitrogen functional groups attached to an aromatic ring is 1. The van der Waals surface area contributed by atoms with E-state index in [-0.39, 0.29) is 24.5 Å². The molecule has 1 aliphatic heterocycles. The van der Waals surface area contributed by atoms with Gasteiger partial charge in [0.2, 0.25) is 5.91 Å². The first-order valence-corrected chi connectivity index (χ1v) is 11.5. The van der Waals surface area contributed by atoms with Crippen molar-refractivity contribution < 1.29 is 14.3 Å². The van der Waals surface area contributed by atoms with Gasteiger partial charge in [-0.1, -0.05) is 18.2 Å². The third-order valence-electron chi connectivity index (χ3n) is 6.88. The SMILES string of the molecule is Cc1c(C)c(OCC(=O)N(C)C2CCN(CC(=O)Nc3ccccc3)CC2)c(C)c(C)c1N. The number of anilines is 2. The second-order valence-electron chi connectivity index (χ2n) is 8.96. The second-order valence-corrected chi connectivity index (χ2v) is 8.96. The monoisotopic (exact) mass is 452 g/mol. The summed E-state index contributed by atoms with van der Waals surface area (Å²) in [5, 5.41) is 2.92. The zero-order valence-corrected chi connectivity index (χ0v) is 20.4. The van der Waals surface area contributed by atoms with E-state index in [0.717, 1.165) is 65.3 Å². The van der Waals surface area contributed by atoms with E-state index in [9.17, 15) is 9.59 Å². The Kier molecular flexibility index (Phi) is 7.97. The third-order valence-corrected chi connectivity index (χ3v) is 6.88. The average Bonchev–Trinajstić information content (AvgIpc) is 2.82. The van der Waals surface area contributed by atoms with Crippen molar-refractivity contribution in [3.8, 4) is 5.75 Å². The van der Waals surface area contributed by atoms with Crippen LogP contribution < -0.4 is 15.8 Å². The summed E-state index contributed by atoms with van der Waals surface area (Å²) >= 11 is 0. The summed E-state index contributed by atoms with van der Waals surface area (Å²) in [5.41, 5.74) is 11.7. The van der Waals surface area contributed by atoms with Crippen LogP contribution in [-0.2, 0) is 9.59 Å². The molecule has 0 aromatic heterocycles. The molecule has 0 atom stereocenters. The Bertz CT molecular complexity index is 969. The number of ether oxygens (including phenoxy) is 1. The van der Waals surface area contributed by atoms with E-state index in [4.69, 9.17) is 10.5 Å². The van der Waals surface area contributed by atoms with Crippen molar-refractivity contribution in [3.05, 3.63) is 52.6 Å². The van der Waals surface area contributed by atoms with Gasteiger partial charge in [0, 0.05) is 37.6 Å². The second kappa shape index (κ2) is 10.7. The molecule has 178 valence electrons. The molecule has 2 aromatic rings. The number of piperidine rings is 1. The molecule has 1 fully saturated rings. The quantitative estimate of drug-likeness (QED) is 0.629. The predicted molar refractivity (Wildman–Crippen MR) is 133 cm³/mol. The molecule has 1 saturated heterocycles. The van der Waals surface area contributed by atoms with Crippen LogP contribution in [0.4, 0.5) is 11.4 Å². The number of rotatable bonds is 7.